The number of aliphatic hydroxyl groups excluding tert-OH is 1. The molecule has 0 saturated heterocycles. The first kappa shape index (κ1) is 18.7. The number of ether oxygens (including phenoxy) is 1. The Hall–Kier alpha value is -2.60. The normalized spacial score (nSPS) is 11.9. The maximum absolute atomic E-state index is 12.9. The van der Waals surface area contributed by atoms with Gasteiger partial charge in [0.15, 0.2) is 0 Å². The van der Waals surface area contributed by atoms with Crippen molar-refractivity contribution in [2.45, 2.75) is 26.1 Å². The van der Waals surface area contributed by atoms with Gasteiger partial charge in [0.2, 0.25) is 0 Å². The fourth-order valence-electron chi connectivity index (χ4n) is 2.24. The van der Waals surface area contributed by atoms with Crippen LogP contribution < -0.4 is 10.1 Å². The van der Waals surface area contributed by atoms with E-state index in [1.807, 2.05) is 13.8 Å². The number of carbonyl (C=O) groups is 1. The van der Waals surface area contributed by atoms with E-state index in [4.69, 9.17) is 4.74 Å². The van der Waals surface area contributed by atoms with Crippen LogP contribution in [0.4, 0.5) is 14.9 Å². The number of benzene rings is 2. The van der Waals surface area contributed by atoms with Crippen LogP contribution in [-0.2, 0) is 0 Å². The summed E-state index contributed by atoms with van der Waals surface area (Å²) in [5, 5.41) is 12.9. The van der Waals surface area contributed by atoms with Gasteiger partial charge in [0.1, 0.15) is 11.6 Å². The van der Waals surface area contributed by atoms with Gasteiger partial charge >= 0.3 is 6.03 Å². The Balaban J connectivity index is 1.90. The monoisotopic (exact) mass is 346 g/mol. The molecule has 0 aromatic heterocycles. The summed E-state index contributed by atoms with van der Waals surface area (Å²) in [6.07, 6.45) is -0.808. The number of urea groups is 1. The topological polar surface area (TPSA) is 61.8 Å². The molecule has 6 heteroatoms. The highest BCUT2D eigenvalue weighted by Gasteiger charge is 2.15. The summed E-state index contributed by atoms with van der Waals surface area (Å²) in [6.45, 7) is 3.97. The summed E-state index contributed by atoms with van der Waals surface area (Å²) in [6, 6.07) is 12.3. The highest BCUT2D eigenvalue weighted by molar-refractivity contribution is 5.89. The van der Waals surface area contributed by atoms with Crippen LogP contribution in [0.3, 0.4) is 0 Å². The summed E-state index contributed by atoms with van der Waals surface area (Å²) in [7, 11) is 1.58. The van der Waals surface area contributed by atoms with Crippen LogP contribution >= 0.6 is 0 Å². The van der Waals surface area contributed by atoms with Crippen LogP contribution in [0.5, 0.6) is 5.75 Å². The third-order valence-corrected chi connectivity index (χ3v) is 3.53. The molecule has 0 radical (unpaired) electrons. The predicted octanol–water partition coefficient (Wildman–Crippen LogP) is 3.81. The lowest BCUT2D eigenvalue weighted by Crippen LogP contribution is -2.34. The van der Waals surface area contributed by atoms with E-state index in [9.17, 15) is 14.3 Å². The summed E-state index contributed by atoms with van der Waals surface area (Å²) in [5.41, 5.74) is 1.18. The first-order valence-corrected chi connectivity index (χ1v) is 8.07. The zero-order chi connectivity index (χ0) is 18.4. The van der Waals surface area contributed by atoms with Crippen LogP contribution in [0.25, 0.3) is 0 Å². The lowest BCUT2D eigenvalue weighted by molar-refractivity contribution is 0.136. The van der Waals surface area contributed by atoms with E-state index >= 15 is 0 Å². The van der Waals surface area contributed by atoms with E-state index in [-0.39, 0.29) is 24.5 Å². The summed E-state index contributed by atoms with van der Waals surface area (Å²) < 4.78 is 18.5. The first-order chi connectivity index (χ1) is 11.8. The molecule has 2 aromatic rings. The SMILES string of the molecule is CC(C)Oc1ccc(NC(=O)N(C)CC(O)c2ccc(F)cc2)cc1. The van der Waals surface area contributed by atoms with E-state index in [1.54, 1.807) is 31.3 Å². The van der Waals surface area contributed by atoms with Gasteiger partial charge in [0.05, 0.1) is 18.8 Å². The van der Waals surface area contributed by atoms with Gasteiger partial charge in [-0.15, -0.1) is 0 Å². The van der Waals surface area contributed by atoms with Crippen LogP contribution in [0, 0.1) is 5.82 Å². The maximum Gasteiger partial charge on any atom is 0.321 e. The lowest BCUT2D eigenvalue weighted by atomic mass is 10.1. The Bertz CT molecular complexity index is 687. The molecule has 0 aliphatic carbocycles. The average molecular weight is 346 g/mol. The minimum atomic E-state index is -0.891. The van der Waals surface area contributed by atoms with E-state index in [1.165, 1.54) is 29.2 Å². The van der Waals surface area contributed by atoms with Crippen molar-refractivity contribution in [2.75, 3.05) is 18.9 Å². The van der Waals surface area contributed by atoms with E-state index < -0.39 is 6.10 Å². The van der Waals surface area contributed by atoms with Gasteiger partial charge in [-0.1, -0.05) is 12.1 Å². The second kappa shape index (κ2) is 8.48. The van der Waals surface area contributed by atoms with Crippen molar-refractivity contribution in [3.8, 4) is 5.75 Å². The van der Waals surface area contributed by atoms with Crippen molar-refractivity contribution in [2.24, 2.45) is 0 Å². The van der Waals surface area contributed by atoms with Crippen molar-refractivity contribution in [3.63, 3.8) is 0 Å². The van der Waals surface area contributed by atoms with Gasteiger partial charge in [-0.3, -0.25) is 0 Å². The highest BCUT2D eigenvalue weighted by Crippen LogP contribution is 2.18. The van der Waals surface area contributed by atoms with Gasteiger partial charge in [-0.25, -0.2) is 9.18 Å². The Morgan fingerprint density at radius 3 is 2.32 bits per heavy atom. The van der Waals surface area contributed by atoms with Crippen molar-refractivity contribution in [1.29, 1.82) is 0 Å². The number of anilines is 1. The minimum absolute atomic E-state index is 0.0829. The standard InChI is InChI=1S/C19H23FN2O3/c1-13(2)25-17-10-8-16(9-11-17)21-19(24)22(3)12-18(23)14-4-6-15(20)7-5-14/h4-11,13,18,23H,12H2,1-3H3,(H,21,24). The first-order valence-electron chi connectivity index (χ1n) is 8.07. The number of nitrogens with one attached hydrogen (secondary N) is 1. The fourth-order valence-corrected chi connectivity index (χ4v) is 2.24. The fraction of sp³-hybridized carbons (Fsp3) is 0.316. The summed E-state index contributed by atoms with van der Waals surface area (Å²) >= 11 is 0. The smallest absolute Gasteiger partial charge is 0.321 e. The quantitative estimate of drug-likeness (QED) is 0.836. The van der Waals surface area contributed by atoms with Crippen molar-refractivity contribution in [1.82, 2.24) is 4.90 Å². The summed E-state index contributed by atoms with van der Waals surface area (Å²) in [5.74, 6) is 0.361. The van der Waals surface area contributed by atoms with E-state index in [0.717, 1.165) is 5.75 Å². The van der Waals surface area contributed by atoms with Gasteiger partial charge < -0.3 is 20.1 Å². The molecule has 1 atom stereocenters. The van der Waals surface area contributed by atoms with Crippen LogP contribution in [0.15, 0.2) is 48.5 Å². The van der Waals surface area contributed by atoms with E-state index in [2.05, 4.69) is 5.32 Å². The molecule has 134 valence electrons. The van der Waals surface area contributed by atoms with Crippen molar-refractivity contribution >= 4 is 11.7 Å². The van der Waals surface area contributed by atoms with Gasteiger partial charge in [-0.05, 0) is 55.8 Å². The molecule has 2 N–H and O–H groups in total. The van der Waals surface area contributed by atoms with Gasteiger partial charge in [-0.2, -0.15) is 0 Å². The molecule has 2 rings (SSSR count). The number of rotatable bonds is 6. The maximum atomic E-state index is 12.9. The predicted molar refractivity (Wildman–Crippen MR) is 95.2 cm³/mol. The molecule has 0 saturated carbocycles. The number of aliphatic hydroxyl groups is 1. The molecule has 0 bridgehead atoms. The molecule has 0 aliphatic rings. The van der Waals surface area contributed by atoms with Gasteiger partial charge in [0, 0.05) is 12.7 Å². The number of hydrogen-bond acceptors (Lipinski definition) is 3. The molecule has 2 amide bonds. The Morgan fingerprint density at radius 1 is 1.16 bits per heavy atom. The molecule has 0 fully saturated rings. The Morgan fingerprint density at radius 2 is 1.76 bits per heavy atom. The second-order valence-corrected chi connectivity index (χ2v) is 6.07. The second-order valence-electron chi connectivity index (χ2n) is 6.07. The summed E-state index contributed by atoms with van der Waals surface area (Å²) in [4.78, 5) is 13.6. The molecule has 0 aliphatic heterocycles. The number of nitrogens with zero attached hydrogens (tertiary/aromatic N) is 1. The van der Waals surface area contributed by atoms with E-state index in [0.29, 0.717) is 11.3 Å². The molecule has 25 heavy (non-hydrogen) atoms. The Labute approximate surface area is 147 Å². The van der Waals surface area contributed by atoms with Crippen LogP contribution in [0.2, 0.25) is 0 Å². The molecule has 0 heterocycles. The number of likely N-dealkylation sites (N-methyl/N-ethyl adjacent to an activating group) is 1. The molecule has 2 aromatic carbocycles. The minimum Gasteiger partial charge on any atom is -0.491 e. The largest absolute Gasteiger partial charge is 0.491 e. The van der Waals surface area contributed by atoms with Gasteiger partial charge in [0.25, 0.3) is 0 Å². The zero-order valence-electron chi connectivity index (χ0n) is 14.6. The molecular weight excluding hydrogens is 323 g/mol. The lowest BCUT2D eigenvalue weighted by Gasteiger charge is -2.21. The number of amides is 2. The Kier molecular flexibility index (Phi) is 6.36. The molecule has 5 nitrogen and oxygen atoms in total. The number of halogens is 1. The van der Waals surface area contributed by atoms with Crippen LogP contribution in [0.1, 0.15) is 25.5 Å². The molecule has 0 spiro atoms. The average Bonchev–Trinajstić information content (AvgIpc) is 2.56. The number of carbonyl (C=O) groups excluding carboxylic acids is 1. The zero-order valence-corrected chi connectivity index (χ0v) is 14.6. The molecule has 1 unspecified atom stereocenters. The van der Waals surface area contributed by atoms with Crippen LogP contribution in [-0.4, -0.2) is 35.7 Å². The van der Waals surface area contributed by atoms with Crippen molar-refractivity contribution in [3.05, 3.63) is 59.9 Å². The third-order valence-electron chi connectivity index (χ3n) is 3.53. The molecular formula is C19H23FN2O3. The number of hydrogen-bond donors (Lipinski definition) is 2. The highest BCUT2D eigenvalue weighted by atomic mass is 19.1. The van der Waals surface area contributed by atoms with Crippen molar-refractivity contribution < 1.29 is 19.0 Å². The third kappa shape index (κ3) is 5.76.